The van der Waals surface area contributed by atoms with Crippen LogP contribution in [0.15, 0.2) is 78.9 Å². The molecule has 0 radical (unpaired) electrons. The third-order valence-electron chi connectivity index (χ3n) is 6.75. The average Bonchev–Trinajstić information content (AvgIpc) is 3.26. The lowest BCUT2D eigenvalue weighted by Gasteiger charge is -2.28. The molecule has 1 saturated heterocycles. The van der Waals surface area contributed by atoms with Crippen molar-refractivity contribution in [2.45, 2.75) is 25.9 Å². The highest BCUT2D eigenvalue weighted by molar-refractivity contribution is 5.73. The lowest BCUT2D eigenvalue weighted by molar-refractivity contribution is -0.385. The van der Waals surface area contributed by atoms with Crippen LogP contribution >= 0.6 is 0 Å². The monoisotopic (exact) mass is 473 g/mol. The number of carbonyl (C=O) groups excluding carboxylic acids is 1. The Hall–Kier alpha value is -3.71. The number of likely N-dealkylation sites (tertiary alicyclic amines) is 1. The second-order valence-corrected chi connectivity index (χ2v) is 9.07. The summed E-state index contributed by atoms with van der Waals surface area (Å²) in [7, 11) is 1.67. The third kappa shape index (κ3) is 5.87. The van der Waals surface area contributed by atoms with Crippen molar-refractivity contribution in [1.29, 1.82) is 0 Å². The van der Waals surface area contributed by atoms with Gasteiger partial charge < -0.3 is 9.64 Å². The van der Waals surface area contributed by atoms with Crippen LogP contribution in [0.25, 0.3) is 0 Å². The molecule has 1 aliphatic heterocycles. The molecule has 7 heteroatoms. The van der Waals surface area contributed by atoms with Crippen LogP contribution in [0.4, 0.5) is 5.69 Å². The quantitative estimate of drug-likeness (QED) is 0.327. The maximum absolute atomic E-state index is 12.6. The Morgan fingerprint density at radius 3 is 2.43 bits per heavy atom. The van der Waals surface area contributed by atoms with Crippen molar-refractivity contribution >= 4 is 11.6 Å². The largest absolute Gasteiger partial charge is 0.496 e. The van der Waals surface area contributed by atoms with E-state index in [1.165, 1.54) is 0 Å². The van der Waals surface area contributed by atoms with E-state index in [-0.39, 0.29) is 28.4 Å². The van der Waals surface area contributed by atoms with Crippen LogP contribution in [-0.2, 0) is 17.9 Å². The zero-order valence-corrected chi connectivity index (χ0v) is 20.2. The van der Waals surface area contributed by atoms with Crippen LogP contribution in [0.2, 0.25) is 0 Å². The number of rotatable bonds is 9. The van der Waals surface area contributed by atoms with E-state index in [1.54, 1.807) is 26.2 Å². The number of hydrogen-bond donors (Lipinski definition) is 0. The Kier molecular flexibility index (Phi) is 7.77. The van der Waals surface area contributed by atoms with Gasteiger partial charge in [0.05, 0.1) is 12.0 Å². The first-order chi connectivity index (χ1) is 17.0. The number of nitro groups is 1. The van der Waals surface area contributed by atoms with Gasteiger partial charge in [0.2, 0.25) is 5.91 Å². The number of amides is 1. The topological polar surface area (TPSA) is 75.9 Å². The Morgan fingerprint density at radius 2 is 1.71 bits per heavy atom. The van der Waals surface area contributed by atoms with Gasteiger partial charge in [0.1, 0.15) is 5.75 Å². The molecule has 4 rings (SSSR count). The molecule has 2 unspecified atom stereocenters. The molecule has 1 aliphatic rings. The molecule has 1 fully saturated rings. The lowest BCUT2D eigenvalue weighted by Crippen LogP contribution is -2.35. The van der Waals surface area contributed by atoms with Gasteiger partial charge in [-0.15, -0.1) is 0 Å². The van der Waals surface area contributed by atoms with E-state index in [4.69, 9.17) is 4.74 Å². The van der Waals surface area contributed by atoms with Gasteiger partial charge in [-0.25, -0.2) is 0 Å². The van der Waals surface area contributed by atoms with Crippen LogP contribution in [0.1, 0.15) is 29.5 Å². The molecular formula is C28H31N3O4. The van der Waals surface area contributed by atoms with E-state index in [9.17, 15) is 14.9 Å². The molecule has 0 N–H and O–H groups in total. The smallest absolute Gasteiger partial charge is 0.273 e. The molecule has 0 aromatic heterocycles. The zero-order chi connectivity index (χ0) is 24.8. The van der Waals surface area contributed by atoms with Crippen molar-refractivity contribution in [2.24, 2.45) is 5.92 Å². The van der Waals surface area contributed by atoms with Crippen LogP contribution in [-0.4, -0.2) is 47.4 Å². The van der Waals surface area contributed by atoms with Gasteiger partial charge in [0.15, 0.2) is 0 Å². The standard InChI is InChI=1S/C28H31N3O4/c1-21(32)30(16-22-10-4-3-5-11-22)19-24-18-29(17-23-12-6-8-14-27(23)31(33)34)20-26(24)25-13-7-9-15-28(25)35-2/h3-15,24,26H,16-20H2,1-2H3. The predicted octanol–water partition coefficient (Wildman–Crippen LogP) is 4.87. The fourth-order valence-electron chi connectivity index (χ4n) is 5.05. The van der Waals surface area contributed by atoms with E-state index in [0.717, 1.165) is 30.0 Å². The number of nitrogens with zero attached hydrogens (tertiary/aromatic N) is 3. The summed E-state index contributed by atoms with van der Waals surface area (Å²) in [5, 5.41) is 11.5. The second-order valence-electron chi connectivity index (χ2n) is 9.07. The highest BCUT2D eigenvalue weighted by Gasteiger charge is 2.37. The van der Waals surface area contributed by atoms with Crippen LogP contribution in [0.5, 0.6) is 5.75 Å². The summed E-state index contributed by atoms with van der Waals surface area (Å²) in [6.07, 6.45) is 0. The van der Waals surface area contributed by atoms with E-state index < -0.39 is 0 Å². The number of hydrogen-bond acceptors (Lipinski definition) is 5. The van der Waals surface area contributed by atoms with Gasteiger partial charge in [-0.2, -0.15) is 0 Å². The summed E-state index contributed by atoms with van der Waals surface area (Å²) in [5.41, 5.74) is 3.03. The maximum atomic E-state index is 12.6. The van der Waals surface area contributed by atoms with Crippen LogP contribution in [0, 0.1) is 16.0 Å². The molecule has 0 aliphatic carbocycles. The fourth-order valence-corrected chi connectivity index (χ4v) is 5.05. The minimum Gasteiger partial charge on any atom is -0.496 e. The van der Waals surface area contributed by atoms with Gasteiger partial charge in [-0.05, 0) is 23.1 Å². The lowest BCUT2D eigenvalue weighted by atomic mass is 9.87. The van der Waals surface area contributed by atoms with E-state index in [0.29, 0.717) is 25.2 Å². The van der Waals surface area contributed by atoms with Crippen LogP contribution < -0.4 is 4.74 Å². The van der Waals surface area contributed by atoms with Crippen LogP contribution in [0.3, 0.4) is 0 Å². The van der Waals surface area contributed by atoms with Crippen molar-refractivity contribution in [3.05, 3.63) is 106 Å². The molecule has 3 aromatic rings. The summed E-state index contributed by atoms with van der Waals surface area (Å²) in [4.78, 5) is 28.0. The maximum Gasteiger partial charge on any atom is 0.273 e. The number of methoxy groups -OCH3 is 1. The summed E-state index contributed by atoms with van der Waals surface area (Å²) < 4.78 is 5.67. The number of nitro benzene ring substituents is 1. The summed E-state index contributed by atoms with van der Waals surface area (Å²) in [6, 6.07) is 24.9. The summed E-state index contributed by atoms with van der Waals surface area (Å²) in [5.74, 6) is 1.14. The summed E-state index contributed by atoms with van der Waals surface area (Å²) in [6.45, 7) is 4.70. The Bertz CT molecular complexity index is 1170. The first-order valence-corrected chi connectivity index (χ1v) is 11.8. The van der Waals surface area contributed by atoms with E-state index in [1.807, 2.05) is 65.6 Å². The molecule has 3 aromatic carbocycles. The number of benzene rings is 3. The third-order valence-corrected chi connectivity index (χ3v) is 6.75. The number of ether oxygens (including phenoxy) is 1. The highest BCUT2D eigenvalue weighted by atomic mass is 16.6. The number of carbonyl (C=O) groups is 1. The van der Waals surface area contributed by atoms with Crippen molar-refractivity contribution in [1.82, 2.24) is 9.80 Å². The molecule has 7 nitrogen and oxygen atoms in total. The van der Waals surface area contributed by atoms with Crippen molar-refractivity contribution in [2.75, 3.05) is 26.7 Å². The molecule has 0 spiro atoms. The zero-order valence-electron chi connectivity index (χ0n) is 20.2. The minimum atomic E-state index is -0.321. The first kappa shape index (κ1) is 24.4. The SMILES string of the molecule is COc1ccccc1C1CN(Cc2ccccc2[N+](=O)[O-])CC1CN(Cc1ccccc1)C(C)=O. The Balaban J connectivity index is 1.61. The summed E-state index contributed by atoms with van der Waals surface area (Å²) >= 11 is 0. The molecule has 0 saturated carbocycles. The van der Waals surface area contributed by atoms with Crippen molar-refractivity contribution in [3.8, 4) is 5.75 Å². The average molecular weight is 474 g/mol. The van der Waals surface area contributed by atoms with E-state index >= 15 is 0 Å². The molecule has 0 bridgehead atoms. The molecule has 2 atom stereocenters. The molecule has 182 valence electrons. The van der Waals surface area contributed by atoms with Gasteiger partial charge in [0.25, 0.3) is 5.69 Å². The van der Waals surface area contributed by atoms with Crippen molar-refractivity contribution < 1.29 is 14.5 Å². The van der Waals surface area contributed by atoms with Gasteiger partial charge in [-0.3, -0.25) is 19.8 Å². The van der Waals surface area contributed by atoms with Gasteiger partial charge in [0, 0.05) is 57.2 Å². The Morgan fingerprint density at radius 1 is 1.03 bits per heavy atom. The molecule has 35 heavy (non-hydrogen) atoms. The van der Waals surface area contributed by atoms with Gasteiger partial charge >= 0.3 is 0 Å². The highest BCUT2D eigenvalue weighted by Crippen LogP contribution is 2.39. The normalized spacial score (nSPS) is 17.8. The predicted molar refractivity (Wildman–Crippen MR) is 135 cm³/mol. The molecule has 1 amide bonds. The number of para-hydroxylation sites is 2. The molecular weight excluding hydrogens is 442 g/mol. The second kappa shape index (κ2) is 11.1. The Labute approximate surface area is 206 Å². The van der Waals surface area contributed by atoms with Gasteiger partial charge in [-0.1, -0.05) is 66.7 Å². The molecule has 1 heterocycles. The minimum absolute atomic E-state index is 0.0322. The first-order valence-electron chi connectivity index (χ1n) is 11.8. The fraction of sp³-hybridized carbons (Fsp3) is 0.321. The van der Waals surface area contributed by atoms with Crippen molar-refractivity contribution in [3.63, 3.8) is 0 Å². The van der Waals surface area contributed by atoms with E-state index in [2.05, 4.69) is 11.0 Å².